The molecule has 0 aliphatic carbocycles. The molecule has 1 aromatic carbocycles. The molecule has 7 nitrogen and oxygen atoms in total. The zero-order valence-corrected chi connectivity index (χ0v) is 16.9. The molecule has 1 N–H and O–H groups in total. The summed E-state index contributed by atoms with van der Waals surface area (Å²) in [5.74, 6) is -0.0906. The largest absolute Gasteiger partial charge is 0.476 e. The molecule has 0 bridgehead atoms. The van der Waals surface area contributed by atoms with Crippen LogP contribution in [-0.4, -0.2) is 49.4 Å². The lowest BCUT2D eigenvalue weighted by Gasteiger charge is -2.35. The quantitative estimate of drug-likeness (QED) is 0.833. The van der Waals surface area contributed by atoms with Crippen LogP contribution in [0.25, 0.3) is 0 Å². The van der Waals surface area contributed by atoms with Crippen LogP contribution in [0.15, 0.2) is 41.8 Å². The fourth-order valence-electron chi connectivity index (χ4n) is 3.13. The van der Waals surface area contributed by atoms with Crippen LogP contribution in [-0.2, 0) is 14.4 Å². The van der Waals surface area contributed by atoms with Crippen LogP contribution in [0.3, 0.4) is 0 Å². The number of amides is 3. The molecule has 2 aromatic rings. The summed E-state index contributed by atoms with van der Waals surface area (Å²) < 4.78 is 5.82. The van der Waals surface area contributed by atoms with Gasteiger partial charge in [-0.2, -0.15) is 0 Å². The van der Waals surface area contributed by atoms with Gasteiger partial charge in [0, 0.05) is 25.9 Å². The monoisotopic (exact) mass is 401 g/mol. The van der Waals surface area contributed by atoms with Crippen molar-refractivity contribution in [3.8, 4) is 5.75 Å². The number of ether oxygens (including phenoxy) is 1. The van der Waals surface area contributed by atoms with E-state index < -0.39 is 12.1 Å². The highest BCUT2D eigenvalue weighted by molar-refractivity contribution is 7.10. The highest BCUT2D eigenvalue weighted by Crippen LogP contribution is 2.35. The van der Waals surface area contributed by atoms with Crippen molar-refractivity contribution < 1.29 is 19.1 Å². The number of rotatable bonds is 5. The number of nitrogens with one attached hydrogen (secondary N) is 1. The lowest BCUT2D eigenvalue weighted by molar-refractivity contribution is -0.136. The summed E-state index contributed by atoms with van der Waals surface area (Å²) in [7, 11) is 3.31. The molecule has 2 heterocycles. The van der Waals surface area contributed by atoms with Gasteiger partial charge in [0.15, 0.2) is 6.10 Å². The van der Waals surface area contributed by atoms with Crippen LogP contribution < -0.4 is 15.0 Å². The number of para-hydroxylation sites is 2. The number of nitrogens with zero attached hydrogens (tertiary/aromatic N) is 2. The van der Waals surface area contributed by atoms with Crippen LogP contribution in [0.1, 0.15) is 24.3 Å². The van der Waals surface area contributed by atoms with E-state index >= 15 is 0 Å². The minimum Gasteiger partial charge on any atom is -0.476 e. The van der Waals surface area contributed by atoms with Crippen molar-refractivity contribution in [2.24, 2.45) is 0 Å². The summed E-state index contributed by atoms with van der Waals surface area (Å²) in [6.07, 6.45) is -0.674. The molecular formula is C20H23N3O4S. The summed E-state index contributed by atoms with van der Waals surface area (Å²) >= 11 is 1.49. The number of benzene rings is 1. The van der Waals surface area contributed by atoms with Gasteiger partial charge >= 0.3 is 0 Å². The number of anilines is 1. The maximum atomic E-state index is 13.2. The average Bonchev–Trinajstić information content (AvgIpc) is 3.20. The van der Waals surface area contributed by atoms with Crippen molar-refractivity contribution in [2.45, 2.75) is 25.5 Å². The molecule has 28 heavy (non-hydrogen) atoms. The second kappa shape index (κ2) is 8.43. The Morgan fingerprint density at radius 2 is 2.00 bits per heavy atom. The van der Waals surface area contributed by atoms with Gasteiger partial charge in [-0.3, -0.25) is 14.4 Å². The van der Waals surface area contributed by atoms with Crippen LogP contribution in [0.2, 0.25) is 0 Å². The Kier molecular flexibility index (Phi) is 5.99. The zero-order chi connectivity index (χ0) is 20.3. The van der Waals surface area contributed by atoms with Gasteiger partial charge in [-0.05, 0) is 23.6 Å². The summed E-state index contributed by atoms with van der Waals surface area (Å²) in [5, 5.41) is 4.75. The van der Waals surface area contributed by atoms with Gasteiger partial charge in [-0.1, -0.05) is 18.2 Å². The summed E-state index contributed by atoms with van der Waals surface area (Å²) in [4.78, 5) is 41.2. The van der Waals surface area contributed by atoms with E-state index in [4.69, 9.17) is 4.74 Å². The molecule has 1 aliphatic heterocycles. The van der Waals surface area contributed by atoms with E-state index in [9.17, 15) is 14.4 Å². The Labute approximate surface area is 167 Å². The van der Waals surface area contributed by atoms with Crippen molar-refractivity contribution in [2.75, 3.05) is 25.5 Å². The molecule has 3 amide bonds. The Morgan fingerprint density at radius 3 is 2.64 bits per heavy atom. The van der Waals surface area contributed by atoms with Gasteiger partial charge in [-0.15, -0.1) is 11.3 Å². The predicted molar refractivity (Wildman–Crippen MR) is 107 cm³/mol. The SMILES string of the molecule is CC(=O)N[C@@H](CC(=O)N1C[C@@H](C(=O)N(C)C)Oc2ccccc21)c1cccs1. The number of fused-ring (bicyclic) bond motifs is 1. The van der Waals surface area contributed by atoms with Crippen LogP contribution >= 0.6 is 11.3 Å². The van der Waals surface area contributed by atoms with Gasteiger partial charge in [-0.25, -0.2) is 0 Å². The van der Waals surface area contributed by atoms with Crippen LogP contribution in [0.4, 0.5) is 5.69 Å². The van der Waals surface area contributed by atoms with Crippen molar-refractivity contribution in [1.29, 1.82) is 0 Å². The minimum atomic E-state index is -0.769. The molecule has 1 aliphatic rings. The molecule has 0 saturated carbocycles. The fourth-order valence-corrected chi connectivity index (χ4v) is 3.91. The molecule has 0 spiro atoms. The van der Waals surface area contributed by atoms with Crippen molar-refractivity contribution in [1.82, 2.24) is 10.2 Å². The molecule has 0 saturated heterocycles. The molecule has 148 valence electrons. The third kappa shape index (κ3) is 4.33. The maximum absolute atomic E-state index is 13.2. The third-order valence-corrected chi connectivity index (χ3v) is 5.42. The average molecular weight is 401 g/mol. The number of hydrogen-bond donors (Lipinski definition) is 1. The molecule has 2 atom stereocenters. The molecule has 1 aromatic heterocycles. The molecule has 0 unspecified atom stereocenters. The van der Waals surface area contributed by atoms with Gasteiger partial charge in [0.2, 0.25) is 11.8 Å². The second-order valence-electron chi connectivity index (χ2n) is 6.78. The lowest BCUT2D eigenvalue weighted by Crippen LogP contribution is -2.50. The van der Waals surface area contributed by atoms with Gasteiger partial charge < -0.3 is 19.9 Å². The number of thiophene rings is 1. The maximum Gasteiger partial charge on any atom is 0.265 e. The van der Waals surface area contributed by atoms with E-state index in [-0.39, 0.29) is 30.7 Å². The molecular weight excluding hydrogens is 378 g/mol. The standard InChI is InChI=1S/C20H23N3O4S/c1-13(24)21-14(18-9-6-10-28-18)11-19(25)23-12-17(20(26)22(2)3)27-16-8-5-4-7-15(16)23/h4-10,14,17H,11-12H2,1-3H3,(H,21,24)/t14-,17-/m0/s1. The Balaban J connectivity index is 1.86. The number of carbonyl (C=O) groups is 3. The van der Waals surface area contributed by atoms with Crippen molar-refractivity contribution >= 4 is 34.7 Å². The summed E-state index contributed by atoms with van der Waals surface area (Å²) in [5.41, 5.74) is 0.628. The molecule has 0 radical (unpaired) electrons. The number of carbonyl (C=O) groups excluding carboxylic acids is 3. The topological polar surface area (TPSA) is 79.0 Å². The first-order valence-corrected chi connectivity index (χ1v) is 9.82. The highest BCUT2D eigenvalue weighted by Gasteiger charge is 2.35. The fraction of sp³-hybridized carbons (Fsp3) is 0.350. The predicted octanol–water partition coefficient (Wildman–Crippen LogP) is 2.20. The first-order chi connectivity index (χ1) is 13.4. The van der Waals surface area contributed by atoms with E-state index in [0.29, 0.717) is 11.4 Å². The first-order valence-electron chi connectivity index (χ1n) is 8.94. The van der Waals surface area contributed by atoms with Gasteiger partial charge in [0.1, 0.15) is 5.75 Å². The molecule has 3 rings (SSSR count). The van der Waals surface area contributed by atoms with Gasteiger partial charge in [0.25, 0.3) is 5.91 Å². The van der Waals surface area contributed by atoms with Crippen LogP contribution in [0, 0.1) is 0 Å². The Hall–Kier alpha value is -2.87. The minimum absolute atomic E-state index is 0.0945. The smallest absolute Gasteiger partial charge is 0.265 e. The number of hydrogen-bond acceptors (Lipinski definition) is 5. The first kappa shape index (κ1) is 19.9. The van der Waals surface area contributed by atoms with E-state index in [0.717, 1.165) is 4.88 Å². The zero-order valence-electron chi connectivity index (χ0n) is 16.0. The lowest BCUT2D eigenvalue weighted by atomic mass is 10.1. The number of likely N-dealkylation sites (N-methyl/N-ethyl adjacent to an activating group) is 1. The molecule has 0 fully saturated rings. The van der Waals surface area contributed by atoms with Crippen molar-refractivity contribution in [3.05, 3.63) is 46.7 Å². The van der Waals surface area contributed by atoms with Crippen molar-refractivity contribution in [3.63, 3.8) is 0 Å². The van der Waals surface area contributed by atoms with E-state index in [1.165, 1.54) is 23.2 Å². The Bertz CT molecular complexity index is 866. The summed E-state index contributed by atoms with van der Waals surface area (Å²) in [6.45, 7) is 1.56. The van der Waals surface area contributed by atoms with E-state index in [1.807, 2.05) is 23.6 Å². The van der Waals surface area contributed by atoms with Gasteiger partial charge in [0.05, 0.1) is 24.7 Å². The highest BCUT2D eigenvalue weighted by atomic mass is 32.1. The normalized spacial score (nSPS) is 16.5. The van der Waals surface area contributed by atoms with E-state index in [2.05, 4.69) is 5.32 Å². The second-order valence-corrected chi connectivity index (χ2v) is 7.76. The van der Waals surface area contributed by atoms with Crippen LogP contribution in [0.5, 0.6) is 5.75 Å². The summed E-state index contributed by atoms with van der Waals surface area (Å²) in [6, 6.07) is 10.5. The molecule has 8 heteroatoms. The Morgan fingerprint density at radius 1 is 1.25 bits per heavy atom. The third-order valence-electron chi connectivity index (χ3n) is 4.43. The van der Waals surface area contributed by atoms with E-state index in [1.54, 1.807) is 37.2 Å².